The molecule has 57 heavy (non-hydrogen) atoms. The molecule has 3 rings (SSSR count). The predicted octanol–water partition coefficient (Wildman–Crippen LogP) is -5.22. The van der Waals surface area contributed by atoms with E-state index in [0.717, 1.165) is 13.8 Å². The van der Waals surface area contributed by atoms with Crippen LogP contribution in [-0.4, -0.2) is 213 Å². The molecule has 3 aliphatic rings. The van der Waals surface area contributed by atoms with E-state index in [1.54, 1.807) is 0 Å². The molecule has 0 radical (unpaired) electrons. The van der Waals surface area contributed by atoms with Crippen LogP contribution in [0.15, 0.2) is 0 Å². The summed E-state index contributed by atoms with van der Waals surface area (Å²) in [4.78, 5) is 48.7. The molecule has 0 aromatic heterocycles. The molecular formula is C33H58N2O21Si. The molecule has 0 bridgehead atoms. The second kappa shape index (κ2) is 20.6. The number of hydrogen-bond acceptors (Lipinski definition) is 19. The maximum absolute atomic E-state index is 12.9. The standard InChI is InChI=1S/C33H58N2O21Si/c1-13(29(46)47)51-12-19-24(44)26(21(35-15(3)39)30(53-19)50-7-8-57(4,5)6)54-31-25(45)28(23(43)18(11-37)52-31)56-33(32(48)49)9-16(40)20(34-14(2)38)27(55-33)22(42)17(41)10-36/h13,16-28,30-31,36-37,40-45H,7-12H2,1-6H3,(H,34,38)(H,35,39)(H,46,47)(H,48,49)/t13-,16+,17-,18-,19-,20-,21-,22+,23+,24+,25-,26-,27-,28+,30-,31+,33+/m1/s1. The third kappa shape index (κ3) is 12.5. The smallest absolute Gasteiger partial charge is 0.364 e. The van der Waals surface area contributed by atoms with E-state index in [1.807, 2.05) is 0 Å². The van der Waals surface area contributed by atoms with E-state index < -0.39 is 162 Å². The molecule has 23 nitrogen and oxygen atoms in total. The molecule has 3 fully saturated rings. The van der Waals surface area contributed by atoms with Gasteiger partial charge in [0.25, 0.3) is 5.79 Å². The summed E-state index contributed by atoms with van der Waals surface area (Å²) >= 11 is 0. The lowest BCUT2D eigenvalue weighted by molar-refractivity contribution is -0.381. The molecule has 0 aromatic carbocycles. The Bertz CT molecular complexity index is 1360. The lowest BCUT2D eigenvalue weighted by Crippen LogP contribution is -2.71. The number of carboxylic acid groups (broad SMARTS) is 2. The summed E-state index contributed by atoms with van der Waals surface area (Å²) in [5, 5.41) is 111. The number of amides is 2. The van der Waals surface area contributed by atoms with E-state index in [1.165, 1.54) is 6.92 Å². The van der Waals surface area contributed by atoms with E-state index in [2.05, 4.69) is 30.3 Å². The van der Waals surface area contributed by atoms with Crippen LogP contribution in [0.5, 0.6) is 0 Å². The number of hydrogen-bond donors (Lipinski definition) is 12. The molecule has 0 unspecified atom stereocenters. The molecule has 3 saturated heterocycles. The molecule has 17 atom stereocenters. The first kappa shape index (κ1) is 48.9. The van der Waals surface area contributed by atoms with Crippen molar-refractivity contribution < 1.29 is 103 Å². The summed E-state index contributed by atoms with van der Waals surface area (Å²) in [5.74, 6) is -7.78. The minimum atomic E-state index is -3.07. The quantitative estimate of drug-likeness (QED) is 0.0541. The van der Waals surface area contributed by atoms with Gasteiger partial charge in [0.1, 0.15) is 67.1 Å². The Morgan fingerprint density at radius 2 is 1.44 bits per heavy atom. The number of carbonyl (C=O) groups is 4. The molecule has 12 N–H and O–H groups in total. The van der Waals surface area contributed by atoms with Crippen LogP contribution >= 0.6 is 0 Å². The first-order valence-corrected chi connectivity index (χ1v) is 22.0. The normalized spacial score (nSPS) is 37.8. The van der Waals surface area contributed by atoms with Crippen molar-refractivity contribution >= 4 is 31.8 Å². The number of carbonyl (C=O) groups excluding carboxylic acids is 2. The maximum Gasteiger partial charge on any atom is 0.364 e. The third-order valence-electron chi connectivity index (χ3n) is 9.66. The Morgan fingerprint density at radius 1 is 0.860 bits per heavy atom. The Hall–Kier alpha value is -2.50. The zero-order valence-corrected chi connectivity index (χ0v) is 33.4. The van der Waals surface area contributed by atoms with Gasteiger partial charge in [-0.05, 0) is 13.0 Å². The Morgan fingerprint density at radius 3 is 1.96 bits per heavy atom. The molecule has 0 spiro atoms. The van der Waals surface area contributed by atoms with E-state index in [0.29, 0.717) is 6.04 Å². The van der Waals surface area contributed by atoms with Crippen LogP contribution in [0, 0.1) is 0 Å². The third-order valence-corrected chi connectivity index (χ3v) is 11.4. The Balaban J connectivity index is 2.03. The van der Waals surface area contributed by atoms with Crippen LogP contribution in [-0.2, 0) is 52.3 Å². The second-order valence-electron chi connectivity index (χ2n) is 15.5. The predicted molar refractivity (Wildman–Crippen MR) is 190 cm³/mol. The summed E-state index contributed by atoms with van der Waals surface area (Å²) in [5.41, 5.74) is 0. The molecule has 0 aromatic rings. The van der Waals surface area contributed by atoms with Gasteiger partial charge >= 0.3 is 11.9 Å². The van der Waals surface area contributed by atoms with Crippen molar-refractivity contribution in [2.24, 2.45) is 0 Å². The summed E-state index contributed by atoms with van der Waals surface area (Å²) in [6.07, 6.45) is -26.8. The van der Waals surface area contributed by atoms with Crippen LogP contribution in [0.25, 0.3) is 0 Å². The highest BCUT2D eigenvalue weighted by molar-refractivity contribution is 6.76. The molecule has 2 amide bonds. The fourth-order valence-electron chi connectivity index (χ4n) is 6.47. The van der Waals surface area contributed by atoms with Crippen molar-refractivity contribution in [3.63, 3.8) is 0 Å². The number of carboxylic acids is 2. The average Bonchev–Trinajstić information content (AvgIpc) is 3.11. The van der Waals surface area contributed by atoms with E-state index in [-0.39, 0.29) is 6.61 Å². The van der Waals surface area contributed by atoms with Crippen molar-refractivity contribution in [2.45, 2.75) is 157 Å². The van der Waals surface area contributed by atoms with Gasteiger partial charge in [0.05, 0.1) is 32.0 Å². The molecular weight excluding hydrogens is 788 g/mol. The molecule has 24 heteroatoms. The monoisotopic (exact) mass is 846 g/mol. The molecule has 0 saturated carbocycles. The van der Waals surface area contributed by atoms with Gasteiger partial charge in [0, 0.05) is 34.9 Å². The second-order valence-corrected chi connectivity index (χ2v) is 21.1. The van der Waals surface area contributed by atoms with Gasteiger partial charge in [-0.25, -0.2) is 9.59 Å². The minimum Gasteiger partial charge on any atom is -0.479 e. The van der Waals surface area contributed by atoms with Crippen molar-refractivity contribution in [1.82, 2.24) is 10.6 Å². The zero-order valence-electron chi connectivity index (χ0n) is 32.4. The lowest BCUT2D eigenvalue weighted by atomic mass is 9.88. The van der Waals surface area contributed by atoms with Crippen molar-refractivity contribution in [2.75, 3.05) is 26.4 Å². The highest BCUT2D eigenvalue weighted by atomic mass is 28.3. The fraction of sp³-hybridized carbons (Fsp3) is 0.879. The molecule has 3 aliphatic heterocycles. The maximum atomic E-state index is 12.9. The van der Waals surface area contributed by atoms with Gasteiger partial charge in [-0.3, -0.25) is 9.59 Å². The first-order chi connectivity index (χ1) is 26.5. The van der Waals surface area contributed by atoms with Crippen LogP contribution in [0.3, 0.4) is 0 Å². The first-order valence-electron chi connectivity index (χ1n) is 18.3. The summed E-state index contributed by atoms with van der Waals surface area (Å²) in [6.45, 7) is 7.16. The number of aliphatic hydroxyl groups is 8. The van der Waals surface area contributed by atoms with Crippen molar-refractivity contribution in [3.05, 3.63) is 0 Å². The van der Waals surface area contributed by atoms with Gasteiger partial charge in [-0.15, -0.1) is 0 Å². The summed E-state index contributed by atoms with van der Waals surface area (Å²) in [7, 11) is -1.70. The van der Waals surface area contributed by atoms with Crippen molar-refractivity contribution in [3.8, 4) is 0 Å². The number of aliphatic carboxylic acids is 2. The van der Waals surface area contributed by atoms with Gasteiger partial charge in [-0.1, -0.05) is 19.6 Å². The number of nitrogens with one attached hydrogen (secondary N) is 2. The largest absolute Gasteiger partial charge is 0.479 e. The van der Waals surface area contributed by atoms with Crippen LogP contribution in [0.2, 0.25) is 25.7 Å². The highest BCUT2D eigenvalue weighted by Crippen LogP contribution is 2.38. The fourth-order valence-corrected chi connectivity index (χ4v) is 7.20. The highest BCUT2D eigenvalue weighted by Gasteiger charge is 2.60. The molecule has 0 aliphatic carbocycles. The topological polar surface area (TPSA) is 359 Å². The van der Waals surface area contributed by atoms with E-state index >= 15 is 0 Å². The zero-order chi connectivity index (χ0) is 43.2. The van der Waals surface area contributed by atoms with Crippen LogP contribution in [0.4, 0.5) is 0 Å². The van der Waals surface area contributed by atoms with E-state index in [9.17, 15) is 70.2 Å². The van der Waals surface area contributed by atoms with Crippen LogP contribution in [0.1, 0.15) is 27.2 Å². The van der Waals surface area contributed by atoms with Gasteiger partial charge in [0.2, 0.25) is 11.8 Å². The number of aliphatic hydroxyl groups excluding tert-OH is 8. The number of ether oxygens (including phenoxy) is 7. The van der Waals surface area contributed by atoms with Gasteiger partial charge in [0.15, 0.2) is 18.7 Å². The Kier molecular flexibility index (Phi) is 17.7. The van der Waals surface area contributed by atoms with E-state index in [4.69, 9.17) is 33.2 Å². The summed E-state index contributed by atoms with van der Waals surface area (Å²) in [6, 6.07) is -2.32. The molecule has 3 heterocycles. The van der Waals surface area contributed by atoms with Crippen molar-refractivity contribution in [1.29, 1.82) is 0 Å². The summed E-state index contributed by atoms with van der Waals surface area (Å²) < 4.78 is 40.4. The average molecular weight is 847 g/mol. The SMILES string of the molecule is CC(=O)N[C@H]1[C@H](OCC[Si](C)(C)C)O[C@H](CO[C@H](C)C(=O)O)[C@H](O)[C@@H]1O[C@@H]1O[C@H](CO)[C@H](O)[C@H](O[C@]2(C(=O)O)C[C@H](O)[C@@H](NC(C)=O)[C@H]([C@@H](O)[C@H](O)CO)O2)[C@H]1O. The van der Waals surface area contributed by atoms with Crippen LogP contribution < -0.4 is 10.6 Å². The minimum absolute atomic E-state index is 0.118. The number of rotatable bonds is 19. The van der Waals surface area contributed by atoms with Gasteiger partial charge < -0.3 is 94.9 Å². The molecule has 330 valence electrons. The Labute approximate surface area is 328 Å². The van der Waals surface area contributed by atoms with Gasteiger partial charge in [-0.2, -0.15) is 0 Å². The lowest BCUT2D eigenvalue weighted by Gasteiger charge is -2.51.